The maximum absolute atomic E-state index is 12.0. The molecule has 0 spiro atoms. The Kier molecular flexibility index (Phi) is 4.74. The number of imide groups is 1. The Balaban J connectivity index is 2.19. The van der Waals surface area contributed by atoms with Crippen LogP contribution in [0.2, 0.25) is 0 Å². The lowest BCUT2D eigenvalue weighted by Gasteiger charge is -2.19. The van der Waals surface area contributed by atoms with Crippen molar-refractivity contribution in [1.29, 1.82) is 0 Å². The van der Waals surface area contributed by atoms with Gasteiger partial charge in [-0.1, -0.05) is 6.07 Å². The van der Waals surface area contributed by atoms with Gasteiger partial charge in [0.05, 0.1) is 13.7 Å². The first-order valence-electron chi connectivity index (χ1n) is 6.84. The number of hydrogen-bond donors (Lipinski definition) is 1. The Hall–Kier alpha value is -1.88. The second-order valence-electron chi connectivity index (χ2n) is 4.93. The van der Waals surface area contributed by atoms with Crippen LogP contribution >= 0.6 is 0 Å². The number of nitrogens with two attached hydrogens (primary N) is 1. The van der Waals surface area contributed by atoms with Crippen LogP contribution in [0.25, 0.3) is 0 Å². The van der Waals surface area contributed by atoms with Crippen molar-refractivity contribution in [2.45, 2.75) is 38.8 Å². The average molecular weight is 276 g/mol. The Morgan fingerprint density at radius 1 is 1.20 bits per heavy atom. The minimum atomic E-state index is -0.0855. The Labute approximate surface area is 118 Å². The first-order chi connectivity index (χ1) is 9.65. The van der Waals surface area contributed by atoms with Crippen LogP contribution < -0.4 is 10.5 Å². The van der Waals surface area contributed by atoms with Gasteiger partial charge in [0.2, 0.25) is 11.8 Å². The van der Waals surface area contributed by atoms with Gasteiger partial charge in [-0.15, -0.1) is 0 Å². The predicted molar refractivity (Wildman–Crippen MR) is 74.9 cm³/mol. The molecule has 2 amide bonds. The van der Waals surface area contributed by atoms with Crippen molar-refractivity contribution in [3.63, 3.8) is 0 Å². The van der Waals surface area contributed by atoms with E-state index in [4.69, 9.17) is 10.5 Å². The molecule has 0 atom stereocenters. The third kappa shape index (κ3) is 3.17. The van der Waals surface area contributed by atoms with Crippen LogP contribution in [0.15, 0.2) is 18.2 Å². The lowest BCUT2D eigenvalue weighted by atomic mass is 10.1. The van der Waals surface area contributed by atoms with Crippen LogP contribution in [0.4, 0.5) is 0 Å². The molecule has 0 aliphatic carbocycles. The van der Waals surface area contributed by atoms with Crippen LogP contribution in [-0.2, 0) is 22.7 Å². The maximum atomic E-state index is 12.0. The van der Waals surface area contributed by atoms with E-state index in [1.54, 1.807) is 7.11 Å². The minimum Gasteiger partial charge on any atom is -0.496 e. The molecule has 108 valence electrons. The van der Waals surface area contributed by atoms with Crippen molar-refractivity contribution in [2.24, 2.45) is 5.73 Å². The lowest BCUT2D eigenvalue weighted by Crippen LogP contribution is -2.34. The zero-order valence-corrected chi connectivity index (χ0v) is 11.7. The fourth-order valence-electron chi connectivity index (χ4n) is 2.41. The zero-order valence-electron chi connectivity index (χ0n) is 11.7. The molecule has 1 heterocycles. The van der Waals surface area contributed by atoms with Gasteiger partial charge in [0, 0.05) is 24.9 Å². The van der Waals surface area contributed by atoms with Gasteiger partial charge in [0.15, 0.2) is 0 Å². The summed E-state index contributed by atoms with van der Waals surface area (Å²) in [6.07, 6.45) is 2.48. The predicted octanol–water partition coefficient (Wildman–Crippen LogP) is 1.58. The van der Waals surface area contributed by atoms with E-state index in [-0.39, 0.29) is 11.8 Å². The quantitative estimate of drug-likeness (QED) is 0.847. The van der Waals surface area contributed by atoms with Crippen molar-refractivity contribution in [2.75, 3.05) is 7.11 Å². The van der Waals surface area contributed by atoms with Crippen LogP contribution in [0.5, 0.6) is 5.75 Å². The van der Waals surface area contributed by atoms with Crippen molar-refractivity contribution in [3.8, 4) is 5.75 Å². The average Bonchev–Trinajstić information content (AvgIpc) is 2.62. The summed E-state index contributed by atoms with van der Waals surface area (Å²) in [6.45, 7) is 0.674. The molecular formula is C15H20N2O3. The van der Waals surface area contributed by atoms with E-state index in [0.29, 0.717) is 25.9 Å². The van der Waals surface area contributed by atoms with E-state index >= 15 is 0 Å². The highest BCUT2D eigenvalue weighted by atomic mass is 16.5. The summed E-state index contributed by atoms with van der Waals surface area (Å²) in [7, 11) is 1.59. The molecule has 0 radical (unpaired) electrons. The molecular weight excluding hydrogens is 256 g/mol. The van der Waals surface area contributed by atoms with Crippen LogP contribution in [-0.4, -0.2) is 23.8 Å². The smallest absolute Gasteiger partial charge is 0.229 e. The topological polar surface area (TPSA) is 72.6 Å². The minimum absolute atomic E-state index is 0.0855. The van der Waals surface area contributed by atoms with Crippen molar-refractivity contribution < 1.29 is 14.3 Å². The highest BCUT2D eigenvalue weighted by Gasteiger charge is 2.24. The summed E-state index contributed by atoms with van der Waals surface area (Å²) in [5.74, 6) is 0.556. The number of likely N-dealkylation sites (tertiary alicyclic amines) is 1. The Bertz CT molecular complexity index is 496. The monoisotopic (exact) mass is 276 g/mol. The van der Waals surface area contributed by atoms with Gasteiger partial charge in [-0.3, -0.25) is 14.5 Å². The molecule has 1 aliphatic heterocycles. The van der Waals surface area contributed by atoms with Crippen LogP contribution in [0, 0.1) is 0 Å². The number of carbonyl (C=O) groups is 2. The van der Waals surface area contributed by atoms with Gasteiger partial charge < -0.3 is 10.5 Å². The highest BCUT2D eigenvalue weighted by molar-refractivity contribution is 5.95. The fraction of sp³-hybridized carbons (Fsp3) is 0.467. The van der Waals surface area contributed by atoms with Crippen molar-refractivity contribution in [3.05, 3.63) is 29.3 Å². The number of benzene rings is 1. The summed E-state index contributed by atoms with van der Waals surface area (Å²) in [5, 5.41) is 0. The number of hydrogen-bond acceptors (Lipinski definition) is 4. The number of carbonyl (C=O) groups excluding carboxylic acids is 2. The first-order valence-corrected chi connectivity index (χ1v) is 6.84. The van der Waals surface area contributed by atoms with E-state index in [1.165, 1.54) is 4.90 Å². The summed E-state index contributed by atoms with van der Waals surface area (Å²) in [5.41, 5.74) is 7.45. The van der Waals surface area contributed by atoms with E-state index in [2.05, 4.69) is 0 Å². The second kappa shape index (κ2) is 6.52. The summed E-state index contributed by atoms with van der Waals surface area (Å²) >= 11 is 0. The summed E-state index contributed by atoms with van der Waals surface area (Å²) in [6, 6.07) is 5.58. The molecule has 0 unspecified atom stereocenters. The molecule has 1 aromatic rings. The number of rotatable bonds is 4. The highest BCUT2D eigenvalue weighted by Crippen LogP contribution is 2.22. The fourth-order valence-corrected chi connectivity index (χ4v) is 2.41. The van der Waals surface area contributed by atoms with Gasteiger partial charge >= 0.3 is 0 Å². The third-order valence-electron chi connectivity index (χ3n) is 3.54. The maximum Gasteiger partial charge on any atom is 0.229 e. The number of nitrogens with zero attached hydrogens (tertiary/aromatic N) is 1. The largest absolute Gasteiger partial charge is 0.496 e. The molecule has 20 heavy (non-hydrogen) atoms. The molecule has 1 fully saturated rings. The molecule has 1 aromatic carbocycles. The Morgan fingerprint density at radius 3 is 2.40 bits per heavy atom. The summed E-state index contributed by atoms with van der Waals surface area (Å²) in [4.78, 5) is 25.3. The van der Waals surface area contributed by atoms with E-state index in [1.807, 2.05) is 18.2 Å². The SMILES string of the molecule is COc1ccc(CN2C(=O)CCCCC2=O)cc1CN. The summed E-state index contributed by atoms with van der Waals surface area (Å²) < 4.78 is 5.22. The van der Waals surface area contributed by atoms with Gasteiger partial charge in [0.25, 0.3) is 0 Å². The lowest BCUT2D eigenvalue weighted by molar-refractivity contribution is -0.144. The van der Waals surface area contributed by atoms with Gasteiger partial charge in [-0.2, -0.15) is 0 Å². The zero-order chi connectivity index (χ0) is 14.5. The molecule has 2 N–H and O–H groups in total. The molecule has 0 aromatic heterocycles. The second-order valence-corrected chi connectivity index (χ2v) is 4.93. The van der Waals surface area contributed by atoms with E-state index < -0.39 is 0 Å². The normalized spacial score (nSPS) is 16.2. The molecule has 5 nitrogen and oxygen atoms in total. The number of amides is 2. The van der Waals surface area contributed by atoms with Gasteiger partial charge in [-0.05, 0) is 30.5 Å². The van der Waals surface area contributed by atoms with E-state index in [9.17, 15) is 9.59 Å². The molecule has 2 rings (SSSR count). The van der Waals surface area contributed by atoms with Crippen molar-refractivity contribution in [1.82, 2.24) is 4.90 Å². The standard InChI is InChI=1S/C15H20N2O3/c1-20-13-7-6-11(8-12(13)9-16)10-17-14(18)4-2-3-5-15(17)19/h6-8H,2-5,9-10,16H2,1H3. The molecule has 5 heteroatoms. The molecule has 0 saturated carbocycles. The van der Waals surface area contributed by atoms with Gasteiger partial charge in [-0.25, -0.2) is 0 Å². The van der Waals surface area contributed by atoms with E-state index in [0.717, 1.165) is 29.7 Å². The van der Waals surface area contributed by atoms with Crippen LogP contribution in [0.1, 0.15) is 36.8 Å². The number of methoxy groups -OCH3 is 1. The molecule has 0 bridgehead atoms. The Morgan fingerprint density at radius 2 is 1.85 bits per heavy atom. The molecule has 1 saturated heterocycles. The first kappa shape index (κ1) is 14.5. The third-order valence-corrected chi connectivity index (χ3v) is 3.54. The van der Waals surface area contributed by atoms with Crippen LogP contribution in [0.3, 0.4) is 0 Å². The van der Waals surface area contributed by atoms with Crippen molar-refractivity contribution >= 4 is 11.8 Å². The van der Waals surface area contributed by atoms with Gasteiger partial charge in [0.1, 0.15) is 5.75 Å². The number of ether oxygens (including phenoxy) is 1. The molecule has 1 aliphatic rings.